The van der Waals surface area contributed by atoms with Gasteiger partial charge in [0.1, 0.15) is 5.75 Å². The van der Waals surface area contributed by atoms with Crippen LogP contribution in [0.1, 0.15) is 48.8 Å². The first-order chi connectivity index (χ1) is 9.86. The molecule has 2 aliphatic rings. The molecule has 1 heterocycles. The van der Waals surface area contributed by atoms with Crippen molar-refractivity contribution in [3.8, 4) is 5.75 Å². The second-order valence-electron chi connectivity index (χ2n) is 6.41. The minimum absolute atomic E-state index is 0.779. The molecule has 1 aromatic rings. The number of hydrogen-bond acceptors (Lipinski definition) is 2. The van der Waals surface area contributed by atoms with Gasteiger partial charge in [0.25, 0.3) is 0 Å². The number of aryl methyl sites for hydroxylation is 2. The maximum atomic E-state index is 5.67. The summed E-state index contributed by atoms with van der Waals surface area (Å²) in [6.07, 6.45) is 10.4. The minimum atomic E-state index is 0.779. The Morgan fingerprint density at radius 1 is 1.10 bits per heavy atom. The van der Waals surface area contributed by atoms with Gasteiger partial charge in [-0.25, -0.2) is 0 Å². The summed E-state index contributed by atoms with van der Waals surface area (Å²) in [5.74, 6) is 1.90. The van der Waals surface area contributed by atoms with E-state index in [0.29, 0.717) is 0 Å². The molecule has 0 aromatic heterocycles. The van der Waals surface area contributed by atoms with Crippen molar-refractivity contribution in [3.63, 3.8) is 0 Å². The van der Waals surface area contributed by atoms with E-state index >= 15 is 0 Å². The normalized spacial score (nSPS) is 22.9. The van der Waals surface area contributed by atoms with Crippen LogP contribution in [0.5, 0.6) is 5.75 Å². The summed E-state index contributed by atoms with van der Waals surface area (Å²) >= 11 is 0. The van der Waals surface area contributed by atoms with Crippen molar-refractivity contribution in [1.82, 2.24) is 5.32 Å². The molecule has 2 heteroatoms. The lowest BCUT2D eigenvalue weighted by Gasteiger charge is -2.24. The molecule has 0 spiro atoms. The van der Waals surface area contributed by atoms with Crippen molar-refractivity contribution in [2.45, 2.75) is 51.4 Å². The Hall–Kier alpha value is -1.02. The van der Waals surface area contributed by atoms with Gasteiger partial charge in [-0.2, -0.15) is 0 Å². The number of ether oxygens (including phenoxy) is 1. The molecule has 1 aliphatic carbocycles. The van der Waals surface area contributed by atoms with Gasteiger partial charge < -0.3 is 10.1 Å². The number of methoxy groups -OCH3 is 1. The Balaban J connectivity index is 1.82. The molecular formula is C18H27NO. The molecule has 0 saturated carbocycles. The highest BCUT2D eigenvalue weighted by Gasteiger charge is 2.18. The van der Waals surface area contributed by atoms with Crippen LogP contribution >= 0.6 is 0 Å². The summed E-state index contributed by atoms with van der Waals surface area (Å²) in [4.78, 5) is 0. The fourth-order valence-electron chi connectivity index (χ4n) is 3.75. The van der Waals surface area contributed by atoms with E-state index in [2.05, 4.69) is 17.4 Å². The Morgan fingerprint density at radius 3 is 2.60 bits per heavy atom. The van der Waals surface area contributed by atoms with E-state index in [1.165, 1.54) is 75.6 Å². The Bertz CT molecular complexity index is 449. The van der Waals surface area contributed by atoms with Crippen molar-refractivity contribution in [2.24, 2.45) is 5.92 Å². The molecule has 1 aliphatic heterocycles. The van der Waals surface area contributed by atoms with Gasteiger partial charge in [0.05, 0.1) is 7.11 Å². The molecular weight excluding hydrogens is 246 g/mol. The van der Waals surface area contributed by atoms with Gasteiger partial charge in [0.15, 0.2) is 0 Å². The Morgan fingerprint density at radius 2 is 1.90 bits per heavy atom. The fraction of sp³-hybridized carbons (Fsp3) is 0.667. The monoisotopic (exact) mass is 273 g/mol. The number of nitrogens with one attached hydrogen (secondary N) is 1. The van der Waals surface area contributed by atoms with Crippen LogP contribution in [0.3, 0.4) is 0 Å². The Kier molecular flexibility index (Phi) is 4.62. The lowest BCUT2D eigenvalue weighted by atomic mass is 9.89. The summed E-state index contributed by atoms with van der Waals surface area (Å²) in [6.45, 7) is 2.36. The first-order valence-electron chi connectivity index (χ1n) is 8.26. The van der Waals surface area contributed by atoms with E-state index < -0.39 is 0 Å². The van der Waals surface area contributed by atoms with Crippen LogP contribution in [0.15, 0.2) is 12.1 Å². The predicted molar refractivity (Wildman–Crippen MR) is 83.6 cm³/mol. The van der Waals surface area contributed by atoms with Gasteiger partial charge in [-0.05, 0) is 86.7 Å². The van der Waals surface area contributed by atoms with Crippen LogP contribution in [0.4, 0.5) is 0 Å². The largest absolute Gasteiger partial charge is 0.496 e. The van der Waals surface area contributed by atoms with Crippen molar-refractivity contribution in [1.29, 1.82) is 0 Å². The lowest BCUT2D eigenvalue weighted by Crippen LogP contribution is -2.30. The van der Waals surface area contributed by atoms with Crippen LogP contribution in [0.2, 0.25) is 0 Å². The standard InChI is InChI=1S/C18H27NO/c1-20-18-12-16-8-4-2-3-7-15(16)11-17(18)10-14-6-5-9-19-13-14/h11-12,14,19H,2-10,13H2,1H3. The summed E-state index contributed by atoms with van der Waals surface area (Å²) < 4.78 is 5.67. The zero-order chi connectivity index (χ0) is 13.8. The third-order valence-electron chi connectivity index (χ3n) is 4.90. The zero-order valence-corrected chi connectivity index (χ0v) is 12.7. The van der Waals surface area contributed by atoms with Crippen molar-refractivity contribution in [2.75, 3.05) is 20.2 Å². The van der Waals surface area contributed by atoms with Crippen LogP contribution < -0.4 is 10.1 Å². The van der Waals surface area contributed by atoms with E-state index in [9.17, 15) is 0 Å². The van der Waals surface area contributed by atoms with E-state index in [1.807, 2.05) is 7.11 Å². The molecule has 3 rings (SSSR count). The maximum Gasteiger partial charge on any atom is 0.122 e. The molecule has 1 aromatic carbocycles. The highest BCUT2D eigenvalue weighted by molar-refractivity contribution is 5.43. The molecule has 0 bridgehead atoms. The molecule has 0 radical (unpaired) electrons. The van der Waals surface area contributed by atoms with Crippen molar-refractivity contribution >= 4 is 0 Å². The topological polar surface area (TPSA) is 21.3 Å². The van der Waals surface area contributed by atoms with Crippen LogP contribution in [0, 0.1) is 5.92 Å². The van der Waals surface area contributed by atoms with Gasteiger partial charge in [-0.1, -0.05) is 12.5 Å². The number of fused-ring (bicyclic) bond motifs is 1. The number of piperidine rings is 1. The van der Waals surface area contributed by atoms with Crippen LogP contribution in [0.25, 0.3) is 0 Å². The van der Waals surface area contributed by atoms with Crippen molar-refractivity contribution < 1.29 is 4.74 Å². The average molecular weight is 273 g/mol. The number of rotatable bonds is 3. The Labute approximate surface area is 122 Å². The van der Waals surface area contributed by atoms with E-state index in [4.69, 9.17) is 4.74 Å². The zero-order valence-electron chi connectivity index (χ0n) is 12.7. The SMILES string of the molecule is COc1cc2c(cc1CC1CCCNC1)CCCCC2. The van der Waals surface area contributed by atoms with Gasteiger partial charge >= 0.3 is 0 Å². The third-order valence-corrected chi connectivity index (χ3v) is 4.90. The summed E-state index contributed by atoms with van der Waals surface area (Å²) in [5.41, 5.74) is 4.55. The molecule has 1 atom stereocenters. The van der Waals surface area contributed by atoms with Gasteiger partial charge in [0, 0.05) is 0 Å². The quantitative estimate of drug-likeness (QED) is 0.851. The maximum absolute atomic E-state index is 5.67. The van der Waals surface area contributed by atoms with Crippen LogP contribution in [-0.4, -0.2) is 20.2 Å². The first-order valence-corrected chi connectivity index (χ1v) is 8.26. The highest BCUT2D eigenvalue weighted by atomic mass is 16.5. The van der Waals surface area contributed by atoms with E-state index in [-0.39, 0.29) is 0 Å². The average Bonchev–Trinajstić information content (AvgIpc) is 2.72. The van der Waals surface area contributed by atoms with Crippen molar-refractivity contribution in [3.05, 3.63) is 28.8 Å². The smallest absolute Gasteiger partial charge is 0.122 e. The summed E-state index contributed by atoms with van der Waals surface area (Å²) in [7, 11) is 1.82. The second kappa shape index (κ2) is 6.62. The molecule has 1 unspecified atom stereocenters. The molecule has 20 heavy (non-hydrogen) atoms. The predicted octanol–water partition coefficient (Wildman–Crippen LogP) is 3.51. The first kappa shape index (κ1) is 13.9. The second-order valence-corrected chi connectivity index (χ2v) is 6.41. The number of hydrogen-bond donors (Lipinski definition) is 1. The highest BCUT2D eigenvalue weighted by Crippen LogP contribution is 2.31. The van der Waals surface area contributed by atoms with E-state index in [0.717, 1.165) is 11.7 Å². The summed E-state index contributed by atoms with van der Waals surface area (Å²) in [5, 5.41) is 3.52. The fourth-order valence-corrected chi connectivity index (χ4v) is 3.75. The molecule has 1 saturated heterocycles. The van der Waals surface area contributed by atoms with Gasteiger partial charge in [0.2, 0.25) is 0 Å². The van der Waals surface area contributed by atoms with Crippen LogP contribution in [-0.2, 0) is 19.3 Å². The van der Waals surface area contributed by atoms with E-state index in [1.54, 1.807) is 5.56 Å². The lowest BCUT2D eigenvalue weighted by molar-refractivity contribution is 0.364. The van der Waals surface area contributed by atoms with Gasteiger partial charge in [-0.15, -0.1) is 0 Å². The number of benzene rings is 1. The third kappa shape index (κ3) is 3.17. The molecule has 110 valence electrons. The summed E-state index contributed by atoms with van der Waals surface area (Å²) in [6, 6.07) is 4.78. The molecule has 2 nitrogen and oxygen atoms in total. The van der Waals surface area contributed by atoms with Gasteiger partial charge in [-0.3, -0.25) is 0 Å². The molecule has 1 N–H and O–H groups in total. The molecule has 1 fully saturated rings. The molecule has 0 amide bonds. The minimum Gasteiger partial charge on any atom is -0.496 e.